The highest BCUT2D eigenvalue weighted by atomic mass is 16.4. The summed E-state index contributed by atoms with van der Waals surface area (Å²) >= 11 is 0. The Morgan fingerprint density at radius 3 is 2.24 bits per heavy atom. The summed E-state index contributed by atoms with van der Waals surface area (Å²) in [6.45, 7) is 5.80. The van der Waals surface area contributed by atoms with Crippen LogP contribution in [0.25, 0.3) is 0 Å². The van der Waals surface area contributed by atoms with Gasteiger partial charge in [-0.1, -0.05) is 26.7 Å². The number of amides is 2. The van der Waals surface area contributed by atoms with Crippen LogP contribution in [0.2, 0.25) is 0 Å². The molecule has 0 radical (unpaired) electrons. The largest absolute Gasteiger partial charge is 0.481 e. The van der Waals surface area contributed by atoms with Gasteiger partial charge >= 0.3 is 12.0 Å². The van der Waals surface area contributed by atoms with Gasteiger partial charge in [0.05, 0.1) is 5.41 Å². The fourth-order valence-electron chi connectivity index (χ4n) is 3.06. The maximum Gasteiger partial charge on any atom is 0.314 e. The average molecular weight is 299 g/mol. The van der Waals surface area contributed by atoms with Crippen LogP contribution >= 0.6 is 0 Å². The number of carbonyl (C=O) groups excluding carboxylic acids is 1. The maximum absolute atomic E-state index is 11.9. The highest BCUT2D eigenvalue weighted by Crippen LogP contribution is 2.37. The molecule has 0 bridgehead atoms. The quantitative estimate of drug-likeness (QED) is 0.666. The second-order valence-corrected chi connectivity index (χ2v) is 7.23. The van der Waals surface area contributed by atoms with E-state index in [2.05, 4.69) is 29.4 Å². The molecule has 0 spiro atoms. The third kappa shape index (κ3) is 5.53. The fraction of sp³-hybridized carbons (Fsp3) is 0.867. The first-order chi connectivity index (χ1) is 9.67. The smallest absolute Gasteiger partial charge is 0.314 e. The van der Waals surface area contributed by atoms with Crippen LogP contribution in [-0.4, -0.2) is 55.7 Å². The number of hydrogen-bond acceptors (Lipinski definition) is 3. The van der Waals surface area contributed by atoms with Crippen LogP contribution in [0.1, 0.15) is 39.5 Å². The normalized spacial score (nSPS) is 17.8. The number of aliphatic carboxylic acids is 1. The molecule has 0 saturated heterocycles. The Morgan fingerprint density at radius 2 is 1.76 bits per heavy atom. The van der Waals surface area contributed by atoms with Gasteiger partial charge in [0.25, 0.3) is 0 Å². The SMILES string of the molecule is CN(C)CC(C)(C)CNC(=O)NCC1(C(=O)O)CCCC1. The fourth-order valence-corrected chi connectivity index (χ4v) is 3.06. The van der Waals surface area contributed by atoms with Crippen molar-refractivity contribution in [3.63, 3.8) is 0 Å². The van der Waals surface area contributed by atoms with Gasteiger partial charge in [0, 0.05) is 19.6 Å². The Balaban J connectivity index is 2.39. The highest BCUT2D eigenvalue weighted by Gasteiger charge is 2.41. The van der Waals surface area contributed by atoms with E-state index in [4.69, 9.17) is 0 Å². The Bertz CT molecular complexity index is 374. The number of carboxylic acids is 1. The zero-order valence-corrected chi connectivity index (χ0v) is 13.7. The van der Waals surface area contributed by atoms with Crippen molar-refractivity contribution in [2.75, 3.05) is 33.7 Å². The van der Waals surface area contributed by atoms with Gasteiger partial charge in [-0.25, -0.2) is 4.79 Å². The lowest BCUT2D eigenvalue weighted by atomic mass is 9.86. The molecule has 1 aliphatic carbocycles. The van der Waals surface area contributed by atoms with E-state index in [0.717, 1.165) is 19.4 Å². The molecule has 0 aromatic heterocycles. The van der Waals surface area contributed by atoms with E-state index in [1.54, 1.807) is 0 Å². The molecule has 0 atom stereocenters. The van der Waals surface area contributed by atoms with E-state index in [0.29, 0.717) is 19.4 Å². The number of nitrogens with zero attached hydrogens (tertiary/aromatic N) is 1. The van der Waals surface area contributed by atoms with E-state index >= 15 is 0 Å². The summed E-state index contributed by atoms with van der Waals surface area (Å²) in [7, 11) is 4.00. The van der Waals surface area contributed by atoms with Gasteiger partial charge in [-0.3, -0.25) is 4.79 Å². The molecule has 1 aliphatic rings. The van der Waals surface area contributed by atoms with E-state index < -0.39 is 11.4 Å². The molecule has 1 saturated carbocycles. The lowest BCUT2D eigenvalue weighted by molar-refractivity contribution is -0.148. The monoisotopic (exact) mass is 299 g/mol. The molecule has 3 N–H and O–H groups in total. The molecule has 6 nitrogen and oxygen atoms in total. The van der Waals surface area contributed by atoms with Crippen molar-refractivity contribution in [2.24, 2.45) is 10.8 Å². The van der Waals surface area contributed by atoms with Crippen molar-refractivity contribution in [1.29, 1.82) is 0 Å². The third-order valence-corrected chi connectivity index (χ3v) is 4.07. The summed E-state index contributed by atoms with van der Waals surface area (Å²) in [5.41, 5.74) is -0.796. The Kier molecular flexibility index (Phi) is 6.01. The number of nitrogens with one attached hydrogen (secondary N) is 2. The number of urea groups is 1. The first-order valence-electron chi connectivity index (χ1n) is 7.57. The molecule has 0 unspecified atom stereocenters. The number of carboxylic acid groups (broad SMARTS) is 1. The molecular formula is C15H29N3O3. The molecule has 1 fully saturated rings. The first-order valence-corrected chi connectivity index (χ1v) is 7.57. The maximum atomic E-state index is 11.9. The van der Waals surface area contributed by atoms with Crippen molar-refractivity contribution in [3.8, 4) is 0 Å². The summed E-state index contributed by atoms with van der Waals surface area (Å²) in [5.74, 6) is -0.798. The van der Waals surface area contributed by atoms with E-state index in [9.17, 15) is 14.7 Å². The van der Waals surface area contributed by atoms with Crippen molar-refractivity contribution in [2.45, 2.75) is 39.5 Å². The van der Waals surface area contributed by atoms with Gasteiger partial charge in [0.2, 0.25) is 0 Å². The minimum absolute atomic E-state index is 0.0291. The Labute approximate surface area is 127 Å². The Hall–Kier alpha value is -1.30. The predicted molar refractivity (Wildman–Crippen MR) is 82.3 cm³/mol. The molecule has 21 heavy (non-hydrogen) atoms. The number of rotatable bonds is 7. The van der Waals surface area contributed by atoms with Crippen LogP contribution in [0.5, 0.6) is 0 Å². The number of hydrogen-bond donors (Lipinski definition) is 3. The van der Waals surface area contributed by atoms with Crippen LogP contribution < -0.4 is 10.6 Å². The van der Waals surface area contributed by atoms with Crippen molar-refractivity contribution in [3.05, 3.63) is 0 Å². The van der Waals surface area contributed by atoms with E-state index in [1.807, 2.05) is 14.1 Å². The first kappa shape index (κ1) is 17.8. The molecule has 2 amide bonds. The minimum atomic E-state index is -0.798. The van der Waals surface area contributed by atoms with Gasteiger partial charge in [0.1, 0.15) is 0 Å². The standard InChI is InChI=1S/C15H29N3O3/c1-14(2,11-18(3)4)9-16-13(21)17-10-15(12(19)20)7-5-6-8-15/h5-11H2,1-4H3,(H,19,20)(H2,16,17,21). The second kappa shape index (κ2) is 7.11. The van der Waals surface area contributed by atoms with Crippen LogP contribution in [0.15, 0.2) is 0 Å². The molecule has 0 aromatic carbocycles. The van der Waals surface area contributed by atoms with Crippen LogP contribution in [0.4, 0.5) is 4.79 Å². The summed E-state index contributed by atoms with van der Waals surface area (Å²) < 4.78 is 0. The highest BCUT2D eigenvalue weighted by molar-refractivity contribution is 5.78. The van der Waals surface area contributed by atoms with Gasteiger partial charge in [-0.05, 0) is 32.4 Å². The van der Waals surface area contributed by atoms with Gasteiger partial charge in [-0.2, -0.15) is 0 Å². The molecule has 1 rings (SSSR count). The van der Waals surface area contributed by atoms with Gasteiger partial charge in [0.15, 0.2) is 0 Å². The van der Waals surface area contributed by atoms with Crippen molar-refractivity contribution < 1.29 is 14.7 Å². The van der Waals surface area contributed by atoms with Crippen LogP contribution in [0, 0.1) is 10.8 Å². The predicted octanol–water partition coefficient (Wildman–Crippen LogP) is 1.52. The summed E-state index contributed by atoms with van der Waals surface area (Å²) in [4.78, 5) is 25.3. The van der Waals surface area contributed by atoms with Crippen molar-refractivity contribution >= 4 is 12.0 Å². The van der Waals surface area contributed by atoms with Crippen molar-refractivity contribution in [1.82, 2.24) is 15.5 Å². The molecule has 0 aromatic rings. The number of carbonyl (C=O) groups is 2. The van der Waals surface area contributed by atoms with Crippen LogP contribution in [-0.2, 0) is 4.79 Å². The third-order valence-electron chi connectivity index (χ3n) is 4.07. The van der Waals surface area contributed by atoms with E-state index in [1.165, 1.54) is 0 Å². The van der Waals surface area contributed by atoms with Gasteiger partial charge < -0.3 is 20.6 Å². The zero-order valence-electron chi connectivity index (χ0n) is 13.7. The molecule has 122 valence electrons. The summed E-state index contributed by atoms with van der Waals surface area (Å²) in [6, 6.07) is -0.283. The second-order valence-electron chi connectivity index (χ2n) is 7.23. The zero-order chi connectivity index (χ0) is 16.1. The topological polar surface area (TPSA) is 81.7 Å². The average Bonchev–Trinajstić information content (AvgIpc) is 2.82. The summed E-state index contributed by atoms with van der Waals surface area (Å²) in [6.07, 6.45) is 3.14. The summed E-state index contributed by atoms with van der Waals surface area (Å²) in [5, 5.41) is 14.9. The molecule has 0 aliphatic heterocycles. The molecule has 0 heterocycles. The van der Waals surface area contributed by atoms with E-state index in [-0.39, 0.29) is 18.0 Å². The van der Waals surface area contributed by atoms with Crippen LogP contribution in [0.3, 0.4) is 0 Å². The Morgan fingerprint density at radius 1 is 1.19 bits per heavy atom. The lowest BCUT2D eigenvalue weighted by Gasteiger charge is -2.29. The van der Waals surface area contributed by atoms with Gasteiger partial charge in [-0.15, -0.1) is 0 Å². The minimum Gasteiger partial charge on any atom is -0.481 e. The molecular weight excluding hydrogens is 270 g/mol. The molecule has 6 heteroatoms. The lowest BCUT2D eigenvalue weighted by Crippen LogP contribution is -2.48.